The molecule has 0 aliphatic heterocycles. The number of nitro benzene ring substituents is 1. The second-order valence-corrected chi connectivity index (χ2v) is 6.18. The number of nitrogens with zero attached hydrogens (tertiary/aromatic N) is 2. The van der Waals surface area contributed by atoms with Crippen LogP contribution < -0.4 is 4.74 Å². The number of fused-ring (bicyclic) bond motifs is 1. The summed E-state index contributed by atoms with van der Waals surface area (Å²) in [5, 5.41) is 31.5. The van der Waals surface area contributed by atoms with Crippen LogP contribution in [0.1, 0.15) is 15.9 Å². The molecule has 1 heterocycles. The molecule has 0 fully saturated rings. The molecule has 3 aromatic rings. The summed E-state index contributed by atoms with van der Waals surface area (Å²) >= 11 is 5.93. The maximum atomic E-state index is 12.8. The zero-order valence-corrected chi connectivity index (χ0v) is 15.1. The fraction of sp³-hybridized carbons (Fsp3) is 0.0526. The SMILES string of the molecule is COc1cc(C=C(C#N)C(=O)c2c[nH]c3cc(Cl)ccc23)cc([N+](=O)[O-])c1O. The highest BCUT2D eigenvalue weighted by atomic mass is 35.5. The standard InChI is InChI=1S/C19H12ClN3O5/c1-28-17-6-10(5-16(19(17)25)23(26)27)4-11(8-21)18(24)14-9-22-15-7-12(20)2-3-13(14)15/h2-7,9,22,25H,1H3. The van der Waals surface area contributed by atoms with Crippen molar-refractivity contribution in [1.29, 1.82) is 5.26 Å². The van der Waals surface area contributed by atoms with E-state index in [1.807, 2.05) is 6.07 Å². The quantitative estimate of drug-likeness (QED) is 0.218. The van der Waals surface area contributed by atoms with E-state index in [1.165, 1.54) is 25.4 Å². The minimum absolute atomic E-state index is 0.146. The molecule has 0 amide bonds. The lowest BCUT2D eigenvalue weighted by molar-refractivity contribution is -0.386. The predicted molar refractivity (Wildman–Crippen MR) is 103 cm³/mol. The highest BCUT2D eigenvalue weighted by Gasteiger charge is 2.21. The van der Waals surface area contributed by atoms with E-state index in [0.29, 0.717) is 15.9 Å². The van der Waals surface area contributed by atoms with E-state index >= 15 is 0 Å². The molecule has 0 aliphatic carbocycles. The molecule has 0 saturated heterocycles. The number of rotatable bonds is 5. The highest BCUT2D eigenvalue weighted by Crippen LogP contribution is 2.37. The maximum absolute atomic E-state index is 12.8. The smallest absolute Gasteiger partial charge is 0.315 e. The average molecular weight is 398 g/mol. The van der Waals surface area contributed by atoms with Crippen molar-refractivity contribution < 1.29 is 19.6 Å². The van der Waals surface area contributed by atoms with Crippen molar-refractivity contribution in [2.24, 2.45) is 0 Å². The van der Waals surface area contributed by atoms with Crippen LogP contribution in [0.2, 0.25) is 5.02 Å². The van der Waals surface area contributed by atoms with Crippen LogP contribution in [-0.2, 0) is 0 Å². The van der Waals surface area contributed by atoms with Crippen LogP contribution in [0.4, 0.5) is 5.69 Å². The second-order valence-electron chi connectivity index (χ2n) is 5.74. The summed E-state index contributed by atoms with van der Waals surface area (Å²) in [7, 11) is 1.24. The van der Waals surface area contributed by atoms with Crippen molar-refractivity contribution in [2.45, 2.75) is 0 Å². The maximum Gasteiger partial charge on any atom is 0.315 e. The first-order chi connectivity index (χ1) is 13.3. The Morgan fingerprint density at radius 1 is 1.39 bits per heavy atom. The van der Waals surface area contributed by atoms with Gasteiger partial charge in [0, 0.05) is 33.8 Å². The third kappa shape index (κ3) is 3.39. The normalized spacial score (nSPS) is 11.2. The summed E-state index contributed by atoms with van der Waals surface area (Å²) in [5.41, 5.74) is 0.221. The molecule has 140 valence electrons. The van der Waals surface area contributed by atoms with Crippen molar-refractivity contribution in [2.75, 3.05) is 7.11 Å². The summed E-state index contributed by atoms with van der Waals surface area (Å²) in [6, 6.07) is 9.09. The number of phenols is 1. The summed E-state index contributed by atoms with van der Waals surface area (Å²) in [6.45, 7) is 0. The Bertz CT molecular complexity index is 1190. The molecule has 8 nitrogen and oxygen atoms in total. The van der Waals surface area contributed by atoms with Gasteiger partial charge in [-0.2, -0.15) is 5.26 Å². The molecule has 0 atom stereocenters. The zero-order valence-electron chi connectivity index (χ0n) is 14.4. The number of nitro groups is 1. The number of methoxy groups -OCH3 is 1. The molecule has 0 saturated carbocycles. The van der Waals surface area contributed by atoms with Gasteiger partial charge in [0.1, 0.15) is 11.6 Å². The van der Waals surface area contributed by atoms with Gasteiger partial charge < -0.3 is 14.8 Å². The van der Waals surface area contributed by atoms with E-state index in [4.69, 9.17) is 16.3 Å². The fourth-order valence-electron chi connectivity index (χ4n) is 2.74. The van der Waals surface area contributed by atoms with Crippen LogP contribution in [0.5, 0.6) is 11.5 Å². The number of Topliss-reactive ketones (excluding diaryl/α,β-unsaturated/α-hetero) is 1. The van der Waals surface area contributed by atoms with E-state index in [-0.39, 0.29) is 22.4 Å². The molecule has 28 heavy (non-hydrogen) atoms. The first-order valence-electron chi connectivity index (χ1n) is 7.84. The van der Waals surface area contributed by atoms with Crippen LogP contribution >= 0.6 is 11.6 Å². The molecule has 0 unspecified atom stereocenters. The summed E-state index contributed by atoms with van der Waals surface area (Å²) in [4.78, 5) is 26.1. The van der Waals surface area contributed by atoms with Crippen molar-refractivity contribution in [1.82, 2.24) is 4.98 Å². The molecule has 0 radical (unpaired) electrons. The van der Waals surface area contributed by atoms with Gasteiger partial charge in [-0.05, 0) is 29.8 Å². The monoisotopic (exact) mass is 397 g/mol. The number of benzene rings is 2. The van der Waals surface area contributed by atoms with Gasteiger partial charge in [-0.3, -0.25) is 14.9 Å². The highest BCUT2D eigenvalue weighted by molar-refractivity contribution is 6.31. The average Bonchev–Trinajstić information content (AvgIpc) is 3.09. The first kappa shape index (κ1) is 18.9. The number of nitriles is 1. The van der Waals surface area contributed by atoms with E-state index in [2.05, 4.69) is 4.98 Å². The fourth-order valence-corrected chi connectivity index (χ4v) is 2.91. The van der Waals surface area contributed by atoms with Gasteiger partial charge in [-0.25, -0.2) is 0 Å². The molecule has 2 N–H and O–H groups in total. The Morgan fingerprint density at radius 3 is 2.79 bits per heavy atom. The first-order valence-corrected chi connectivity index (χ1v) is 8.22. The van der Waals surface area contributed by atoms with Crippen molar-refractivity contribution in [3.63, 3.8) is 0 Å². The zero-order chi connectivity index (χ0) is 20.4. The summed E-state index contributed by atoms with van der Waals surface area (Å²) in [6.07, 6.45) is 2.67. The number of hydrogen-bond acceptors (Lipinski definition) is 6. The number of phenolic OH excluding ortho intramolecular Hbond substituents is 1. The Hall–Kier alpha value is -3.83. The van der Waals surface area contributed by atoms with Crippen molar-refractivity contribution in [3.05, 3.63) is 68.4 Å². The van der Waals surface area contributed by atoms with E-state index in [0.717, 1.165) is 6.07 Å². The van der Waals surface area contributed by atoms with E-state index in [9.17, 15) is 25.3 Å². The van der Waals surface area contributed by atoms with Crippen LogP contribution in [-0.4, -0.2) is 27.9 Å². The Morgan fingerprint density at radius 2 is 2.14 bits per heavy atom. The molecule has 9 heteroatoms. The van der Waals surface area contributed by atoms with Gasteiger partial charge in [0.15, 0.2) is 5.75 Å². The van der Waals surface area contributed by atoms with E-state index < -0.39 is 22.1 Å². The number of carbonyl (C=O) groups is 1. The molecular formula is C19H12ClN3O5. The molecule has 1 aromatic heterocycles. The Labute approximate surface area is 163 Å². The lowest BCUT2D eigenvalue weighted by Crippen LogP contribution is -2.01. The predicted octanol–water partition coefficient (Wildman–Crippen LogP) is 4.23. The number of ether oxygens (including phenoxy) is 1. The van der Waals surface area contributed by atoms with Crippen LogP contribution in [0.3, 0.4) is 0 Å². The topological polar surface area (TPSA) is 129 Å². The molecular weight excluding hydrogens is 386 g/mol. The minimum atomic E-state index is -0.785. The van der Waals surface area contributed by atoms with Gasteiger partial charge in [-0.1, -0.05) is 17.7 Å². The van der Waals surface area contributed by atoms with Gasteiger partial charge in [0.2, 0.25) is 11.5 Å². The molecule has 3 rings (SSSR count). The molecule has 2 aromatic carbocycles. The number of hydrogen-bond donors (Lipinski definition) is 2. The van der Waals surface area contributed by atoms with E-state index in [1.54, 1.807) is 18.2 Å². The van der Waals surface area contributed by atoms with Gasteiger partial charge in [0.25, 0.3) is 0 Å². The number of aromatic amines is 1. The van der Waals surface area contributed by atoms with Crippen LogP contribution in [0.15, 0.2) is 42.1 Å². The lowest BCUT2D eigenvalue weighted by Gasteiger charge is -2.06. The van der Waals surface area contributed by atoms with Gasteiger partial charge >= 0.3 is 5.69 Å². The number of allylic oxidation sites excluding steroid dienone is 1. The second kappa shape index (κ2) is 7.42. The number of aromatic hydroxyl groups is 1. The molecule has 0 spiro atoms. The molecule has 0 bridgehead atoms. The third-order valence-corrected chi connectivity index (χ3v) is 4.29. The Balaban J connectivity index is 2.09. The van der Waals surface area contributed by atoms with Crippen LogP contribution in [0, 0.1) is 21.4 Å². The van der Waals surface area contributed by atoms with Crippen molar-refractivity contribution >= 4 is 40.1 Å². The van der Waals surface area contributed by atoms with Gasteiger partial charge in [-0.15, -0.1) is 0 Å². The summed E-state index contributed by atoms with van der Waals surface area (Å²) in [5.74, 6) is -1.35. The number of carbonyl (C=O) groups excluding carboxylic acids is 1. The van der Waals surface area contributed by atoms with Crippen LogP contribution in [0.25, 0.3) is 17.0 Å². The molecule has 0 aliphatic rings. The van der Waals surface area contributed by atoms with Gasteiger partial charge in [0.05, 0.1) is 12.0 Å². The number of nitrogens with one attached hydrogen (secondary N) is 1. The number of halogens is 1. The minimum Gasteiger partial charge on any atom is -0.500 e. The lowest BCUT2D eigenvalue weighted by atomic mass is 10.0. The number of H-pyrrole nitrogens is 1. The Kier molecular flexibility index (Phi) is 5.02. The largest absolute Gasteiger partial charge is 0.500 e. The van der Waals surface area contributed by atoms with Crippen molar-refractivity contribution in [3.8, 4) is 17.6 Å². The number of ketones is 1. The summed E-state index contributed by atoms with van der Waals surface area (Å²) < 4.78 is 4.92. The number of aromatic nitrogens is 1. The third-order valence-electron chi connectivity index (χ3n) is 4.06.